The Labute approximate surface area is 120 Å². The number of carboxylic acid groups (broad SMARTS) is 1. The largest absolute Gasteiger partial charge is 0.480 e. The molecule has 0 spiro atoms. The van der Waals surface area contributed by atoms with E-state index in [9.17, 15) is 9.90 Å². The van der Waals surface area contributed by atoms with Crippen molar-refractivity contribution < 1.29 is 9.90 Å². The molecule has 2 heterocycles. The molecular weight excluding hydrogens is 254 g/mol. The highest BCUT2D eigenvalue weighted by Crippen LogP contribution is 2.16. The second kappa shape index (κ2) is 7.24. The summed E-state index contributed by atoms with van der Waals surface area (Å²) in [7, 11) is 0. The molecule has 0 aliphatic carbocycles. The Balaban J connectivity index is 1.91. The van der Waals surface area contributed by atoms with Gasteiger partial charge in [0, 0.05) is 32.4 Å². The molecule has 110 valence electrons. The molecule has 1 unspecified atom stereocenters. The summed E-state index contributed by atoms with van der Waals surface area (Å²) in [5, 5.41) is 9.37. The molecule has 1 aliphatic rings. The van der Waals surface area contributed by atoms with Gasteiger partial charge in [-0.1, -0.05) is 25.8 Å². The van der Waals surface area contributed by atoms with Crippen LogP contribution in [0.4, 0.5) is 5.82 Å². The third-order valence-electron chi connectivity index (χ3n) is 3.84. The van der Waals surface area contributed by atoms with Gasteiger partial charge >= 0.3 is 5.97 Å². The highest BCUT2D eigenvalue weighted by atomic mass is 16.4. The third kappa shape index (κ3) is 3.70. The van der Waals surface area contributed by atoms with E-state index in [1.807, 2.05) is 18.2 Å². The number of pyridine rings is 1. The predicted molar refractivity (Wildman–Crippen MR) is 79.0 cm³/mol. The van der Waals surface area contributed by atoms with Crippen LogP contribution in [0.3, 0.4) is 0 Å². The minimum absolute atomic E-state index is 0.333. The van der Waals surface area contributed by atoms with Gasteiger partial charge < -0.3 is 10.0 Å². The van der Waals surface area contributed by atoms with Crippen LogP contribution in [0.15, 0.2) is 24.4 Å². The van der Waals surface area contributed by atoms with Crippen LogP contribution in [0, 0.1) is 0 Å². The number of carboxylic acids is 1. The van der Waals surface area contributed by atoms with Crippen LogP contribution in [0.5, 0.6) is 0 Å². The average molecular weight is 277 g/mol. The molecule has 0 saturated carbocycles. The Morgan fingerprint density at radius 1 is 1.35 bits per heavy atom. The summed E-state index contributed by atoms with van der Waals surface area (Å²) in [5.74, 6) is 0.289. The number of nitrogens with zero attached hydrogens (tertiary/aromatic N) is 3. The predicted octanol–water partition coefficient (Wildman–Crippen LogP) is 1.85. The SMILES string of the molecule is CCCCC(C(=O)O)N1CCN(c2ccccn2)CC1. The van der Waals surface area contributed by atoms with E-state index in [1.54, 1.807) is 6.20 Å². The highest BCUT2D eigenvalue weighted by Gasteiger charge is 2.28. The Kier molecular flexibility index (Phi) is 5.35. The first kappa shape index (κ1) is 14.8. The van der Waals surface area contributed by atoms with Gasteiger partial charge in [-0.05, 0) is 18.6 Å². The van der Waals surface area contributed by atoms with E-state index in [0.29, 0.717) is 0 Å². The fourth-order valence-corrected chi connectivity index (χ4v) is 2.66. The molecule has 1 aromatic heterocycles. The first-order valence-corrected chi connectivity index (χ1v) is 7.35. The lowest BCUT2D eigenvalue weighted by Crippen LogP contribution is -2.52. The molecule has 1 aliphatic heterocycles. The normalized spacial score (nSPS) is 17.9. The average Bonchev–Trinajstić information content (AvgIpc) is 2.49. The van der Waals surface area contributed by atoms with E-state index in [2.05, 4.69) is 21.7 Å². The van der Waals surface area contributed by atoms with Gasteiger partial charge in [0.15, 0.2) is 0 Å². The van der Waals surface area contributed by atoms with Crippen LogP contribution in [-0.2, 0) is 4.79 Å². The molecule has 1 fully saturated rings. The zero-order valence-electron chi connectivity index (χ0n) is 12.0. The van der Waals surface area contributed by atoms with Gasteiger partial charge in [0.2, 0.25) is 0 Å². The number of anilines is 1. The fourth-order valence-electron chi connectivity index (χ4n) is 2.66. The van der Waals surface area contributed by atoms with Crippen molar-refractivity contribution in [1.82, 2.24) is 9.88 Å². The van der Waals surface area contributed by atoms with Gasteiger partial charge in [0.05, 0.1) is 0 Å². The number of aliphatic carboxylic acids is 1. The molecule has 0 radical (unpaired) electrons. The van der Waals surface area contributed by atoms with Crippen molar-refractivity contribution in [3.63, 3.8) is 0 Å². The van der Waals surface area contributed by atoms with Gasteiger partial charge in [-0.15, -0.1) is 0 Å². The number of hydrogen-bond donors (Lipinski definition) is 1. The van der Waals surface area contributed by atoms with Crippen LogP contribution in [0.1, 0.15) is 26.2 Å². The number of carbonyl (C=O) groups is 1. The maximum absolute atomic E-state index is 11.4. The van der Waals surface area contributed by atoms with Gasteiger partial charge in [-0.25, -0.2) is 4.98 Å². The lowest BCUT2D eigenvalue weighted by Gasteiger charge is -2.38. The van der Waals surface area contributed by atoms with Crippen molar-refractivity contribution in [1.29, 1.82) is 0 Å². The van der Waals surface area contributed by atoms with E-state index >= 15 is 0 Å². The molecular formula is C15H23N3O2. The van der Waals surface area contributed by atoms with Crippen LogP contribution < -0.4 is 4.90 Å². The first-order valence-electron chi connectivity index (χ1n) is 7.35. The number of rotatable bonds is 6. The van der Waals surface area contributed by atoms with Gasteiger partial charge in [-0.3, -0.25) is 9.69 Å². The molecule has 5 heteroatoms. The van der Waals surface area contributed by atoms with Crippen LogP contribution >= 0.6 is 0 Å². The standard InChI is InChI=1S/C15H23N3O2/c1-2-3-6-13(15(19)20)17-9-11-18(12-10-17)14-7-4-5-8-16-14/h4-5,7-8,13H,2-3,6,9-12H2,1H3,(H,19,20). The summed E-state index contributed by atoms with van der Waals surface area (Å²) in [6, 6.07) is 5.56. The number of unbranched alkanes of at least 4 members (excludes halogenated alkanes) is 1. The molecule has 1 N–H and O–H groups in total. The lowest BCUT2D eigenvalue weighted by atomic mass is 10.1. The lowest BCUT2D eigenvalue weighted by molar-refractivity contribution is -0.143. The summed E-state index contributed by atoms with van der Waals surface area (Å²) in [6.45, 7) is 5.35. The van der Waals surface area contributed by atoms with Crippen molar-refractivity contribution in [2.45, 2.75) is 32.2 Å². The van der Waals surface area contributed by atoms with Crippen molar-refractivity contribution in [3.8, 4) is 0 Å². The molecule has 20 heavy (non-hydrogen) atoms. The van der Waals surface area contributed by atoms with E-state index in [1.165, 1.54) is 0 Å². The number of hydrogen-bond acceptors (Lipinski definition) is 4. The highest BCUT2D eigenvalue weighted by molar-refractivity contribution is 5.73. The Bertz CT molecular complexity index is 416. The van der Waals surface area contributed by atoms with Crippen molar-refractivity contribution in [3.05, 3.63) is 24.4 Å². The third-order valence-corrected chi connectivity index (χ3v) is 3.84. The maximum Gasteiger partial charge on any atom is 0.320 e. The summed E-state index contributed by atoms with van der Waals surface area (Å²) in [5.41, 5.74) is 0. The minimum atomic E-state index is -0.690. The van der Waals surface area contributed by atoms with Crippen molar-refractivity contribution in [2.24, 2.45) is 0 Å². The minimum Gasteiger partial charge on any atom is -0.480 e. The Hall–Kier alpha value is -1.62. The number of aromatic nitrogens is 1. The van der Waals surface area contributed by atoms with Gasteiger partial charge in [0.1, 0.15) is 11.9 Å². The molecule has 1 saturated heterocycles. The summed E-state index contributed by atoms with van der Waals surface area (Å²) in [4.78, 5) is 20.0. The van der Waals surface area contributed by atoms with Crippen molar-refractivity contribution in [2.75, 3.05) is 31.1 Å². The zero-order chi connectivity index (χ0) is 14.4. The first-order chi connectivity index (χ1) is 9.72. The maximum atomic E-state index is 11.4. The number of piperazine rings is 1. The van der Waals surface area contributed by atoms with E-state index in [0.717, 1.165) is 51.3 Å². The Morgan fingerprint density at radius 3 is 2.65 bits per heavy atom. The zero-order valence-corrected chi connectivity index (χ0v) is 12.0. The van der Waals surface area contributed by atoms with E-state index in [-0.39, 0.29) is 6.04 Å². The summed E-state index contributed by atoms with van der Waals surface area (Å²) < 4.78 is 0. The second-order valence-electron chi connectivity index (χ2n) is 5.21. The molecule has 2 rings (SSSR count). The van der Waals surface area contributed by atoms with Crippen molar-refractivity contribution >= 4 is 11.8 Å². The van der Waals surface area contributed by atoms with E-state index < -0.39 is 5.97 Å². The molecule has 0 bridgehead atoms. The molecule has 5 nitrogen and oxygen atoms in total. The quantitative estimate of drug-likeness (QED) is 0.860. The topological polar surface area (TPSA) is 56.7 Å². The molecule has 1 atom stereocenters. The van der Waals surface area contributed by atoms with Gasteiger partial charge in [0.25, 0.3) is 0 Å². The molecule has 0 aromatic carbocycles. The summed E-state index contributed by atoms with van der Waals surface area (Å²) in [6.07, 6.45) is 4.55. The summed E-state index contributed by atoms with van der Waals surface area (Å²) >= 11 is 0. The van der Waals surface area contributed by atoms with Crippen LogP contribution in [0.25, 0.3) is 0 Å². The molecule has 0 amide bonds. The second-order valence-corrected chi connectivity index (χ2v) is 5.21. The van der Waals surface area contributed by atoms with E-state index in [4.69, 9.17) is 0 Å². The Morgan fingerprint density at radius 2 is 2.10 bits per heavy atom. The monoisotopic (exact) mass is 277 g/mol. The van der Waals surface area contributed by atoms with Crippen LogP contribution in [-0.4, -0.2) is 53.2 Å². The smallest absolute Gasteiger partial charge is 0.320 e. The molecule has 1 aromatic rings. The van der Waals surface area contributed by atoms with Crippen LogP contribution in [0.2, 0.25) is 0 Å². The fraction of sp³-hybridized carbons (Fsp3) is 0.600. The van der Waals surface area contributed by atoms with Gasteiger partial charge in [-0.2, -0.15) is 0 Å².